The highest BCUT2D eigenvalue weighted by Crippen LogP contribution is 2.30. The molecule has 0 aliphatic heterocycles. The number of nitrogens with zero attached hydrogens (tertiary/aromatic N) is 2. The Morgan fingerprint density at radius 2 is 1.70 bits per heavy atom. The highest BCUT2D eigenvalue weighted by molar-refractivity contribution is 6.04. The second-order valence-electron chi connectivity index (χ2n) is 7.80. The Labute approximate surface area is 196 Å². The molecule has 1 heterocycles. The Balaban J connectivity index is 1.64. The molecule has 0 spiro atoms. The third-order valence-corrected chi connectivity index (χ3v) is 5.27. The first-order valence-electron chi connectivity index (χ1n) is 11.5. The Bertz CT molecular complexity index is 1000. The van der Waals surface area contributed by atoms with E-state index in [9.17, 15) is 4.79 Å². The molecule has 2 aromatic carbocycles. The average Bonchev–Trinajstić information content (AvgIpc) is 2.85. The second kappa shape index (κ2) is 12.6. The molecule has 0 fully saturated rings. The van der Waals surface area contributed by atoms with Crippen LogP contribution in [0.1, 0.15) is 37.0 Å². The summed E-state index contributed by atoms with van der Waals surface area (Å²) in [6, 6.07) is 18.6. The Morgan fingerprint density at radius 3 is 2.33 bits per heavy atom. The van der Waals surface area contributed by atoms with Crippen molar-refractivity contribution in [1.82, 2.24) is 9.88 Å². The molecule has 3 aromatic rings. The van der Waals surface area contributed by atoms with E-state index < -0.39 is 0 Å². The average molecular weight is 448 g/mol. The molecular formula is C27H33N3O3. The van der Waals surface area contributed by atoms with Gasteiger partial charge in [0.25, 0.3) is 5.91 Å². The number of pyridine rings is 1. The van der Waals surface area contributed by atoms with Crippen LogP contribution in [0.4, 0.5) is 5.69 Å². The van der Waals surface area contributed by atoms with Crippen LogP contribution in [0, 0.1) is 0 Å². The van der Waals surface area contributed by atoms with Gasteiger partial charge >= 0.3 is 0 Å². The molecule has 1 N–H and O–H groups in total. The number of methoxy groups -OCH3 is 1. The number of nitrogens with one attached hydrogen (secondary N) is 1. The van der Waals surface area contributed by atoms with Gasteiger partial charge in [0.1, 0.15) is 6.61 Å². The maximum Gasteiger partial charge on any atom is 0.255 e. The summed E-state index contributed by atoms with van der Waals surface area (Å²) >= 11 is 0. The molecule has 0 aliphatic rings. The van der Waals surface area contributed by atoms with E-state index in [0.717, 1.165) is 43.7 Å². The number of amides is 1. The monoisotopic (exact) mass is 447 g/mol. The van der Waals surface area contributed by atoms with Crippen molar-refractivity contribution in [2.75, 3.05) is 38.7 Å². The number of aromatic nitrogens is 1. The molecule has 3 rings (SSSR count). The van der Waals surface area contributed by atoms with E-state index in [2.05, 4.69) is 29.0 Å². The molecule has 0 atom stereocenters. The minimum Gasteiger partial charge on any atom is -0.493 e. The molecule has 1 amide bonds. The summed E-state index contributed by atoms with van der Waals surface area (Å²) in [6.45, 7) is 7.90. The van der Waals surface area contributed by atoms with Crippen molar-refractivity contribution in [1.29, 1.82) is 0 Å². The van der Waals surface area contributed by atoms with Crippen LogP contribution in [0.15, 0.2) is 66.9 Å². The minimum absolute atomic E-state index is 0.184. The molecular weight excluding hydrogens is 414 g/mol. The van der Waals surface area contributed by atoms with Gasteiger partial charge in [-0.25, -0.2) is 0 Å². The van der Waals surface area contributed by atoms with Crippen LogP contribution in [0.3, 0.4) is 0 Å². The van der Waals surface area contributed by atoms with Gasteiger partial charge in [0.2, 0.25) is 0 Å². The van der Waals surface area contributed by atoms with Gasteiger partial charge in [-0.3, -0.25) is 14.7 Å². The van der Waals surface area contributed by atoms with Crippen molar-refractivity contribution in [3.8, 4) is 22.8 Å². The fourth-order valence-electron chi connectivity index (χ4n) is 3.65. The summed E-state index contributed by atoms with van der Waals surface area (Å²) in [5.41, 5.74) is 3.07. The van der Waals surface area contributed by atoms with Crippen molar-refractivity contribution < 1.29 is 14.3 Å². The quantitative estimate of drug-likeness (QED) is 0.397. The van der Waals surface area contributed by atoms with Crippen molar-refractivity contribution in [3.05, 3.63) is 72.4 Å². The van der Waals surface area contributed by atoms with Crippen LogP contribution >= 0.6 is 0 Å². The smallest absolute Gasteiger partial charge is 0.255 e. The largest absolute Gasteiger partial charge is 0.493 e. The summed E-state index contributed by atoms with van der Waals surface area (Å²) in [5.74, 6) is 1.08. The fourth-order valence-corrected chi connectivity index (χ4v) is 3.65. The van der Waals surface area contributed by atoms with Gasteiger partial charge in [0.15, 0.2) is 11.5 Å². The zero-order valence-corrected chi connectivity index (χ0v) is 19.7. The summed E-state index contributed by atoms with van der Waals surface area (Å²) in [4.78, 5) is 19.5. The lowest BCUT2D eigenvalue weighted by Crippen LogP contribution is -2.30. The normalized spacial score (nSPS) is 10.8. The molecule has 174 valence electrons. The molecule has 6 nitrogen and oxygen atoms in total. The zero-order chi connectivity index (χ0) is 23.5. The van der Waals surface area contributed by atoms with E-state index in [-0.39, 0.29) is 5.91 Å². The summed E-state index contributed by atoms with van der Waals surface area (Å²) in [6.07, 6.45) is 3.99. The Hall–Kier alpha value is -3.38. The fraction of sp³-hybridized carbons (Fsp3) is 0.333. The lowest BCUT2D eigenvalue weighted by molar-refractivity contribution is 0.102. The van der Waals surface area contributed by atoms with Crippen molar-refractivity contribution in [2.24, 2.45) is 0 Å². The Morgan fingerprint density at radius 1 is 0.939 bits per heavy atom. The van der Waals surface area contributed by atoms with E-state index in [1.807, 2.05) is 48.5 Å². The van der Waals surface area contributed by atoms with Crippen molar-refractivity contribution >= 4 is 11.6 Å². The van der Waals surface area contributed by atoms with Gasteiger partial charge in [-0.05, 0) is 62.3 Å². The summed E-state index contributed by atoms with van der Waals surface area (Å²) < 4.78 is 11.5. The van der Waals surface area contributed by atoms with Gasteiger partial charge in [-0.1, -0.05) is 32.0 Å². The van der Waals surface area contributed by atoms with E-state index >= 15 is 0 Å². The topological polar surface area (TPSA) is 63.7 Å². The van der Waals surface area contributed by atoms with Crippen LogP contribution in [0.25, 0.3) is 11.3 Å². The molecule has 33 heavy (non-hydrogen) atoms. The number of anilines is 1. The van der Waals surface area contributed by atoms with E-state index in [1.54, 1.807) is 25.4 Å². The highest BCUT2D eigenvalue weighted by atomic mass is 16.5. The number of rotatable bonds is 12. The molecule has 1 aromatic heterocycles. The summed E-state index contributed by atoms with van der Waals surface area (Å²) in [7, 11) is 1.62. The lowest BCUT2D eigenvalue weighted by Gasteiger charge is -2.21. The van der Waals surface area contributed by atoms with Gasteiger partial charge in [-0.2, -0.15) is 0 Å². The zero-order valence-electron chi connectivity index (χ0n) is 19.7. The van der Waals surface area contributed by atoms with Crippen LogP contribution in [-0.2, 0) is 0 Å². The summed E-state index contributed by atoms with van der Waals surface area (Å²) in [5, 5.41) is 2.95. The first-order valence-corrected chi connectivity index (χ1v) is 11.5. The molecule has 0 bridgehead atoms. The predicted molar refractivity (Wildman–Crippen MR) is 133 cm³/mol. The third kappa shape index (κ3) is 7.05. The number of carbonyl (C=O) groups excluding carboxylic acids is 1. The molecule has 6 heteroatoms. The van der Waals surface area contributed by atoms with Crippen molar-refractivity contribution in [3.63, 3.8) is 0 Å². The molecule has 0 saturated heterocycles. The van der Waals surface area contributed by atoms with Gasteiger partial charge in [-0.15, -0.1) is 0 Å². The number of ether oxygens (including phenoxy) is 2. The Kier molecular flexibility index (Phi) is 9.27. The number of hydrogen-bond acceptors (Lipinski definition) is 5. The molecule has 0 radical (unpaired) electrons. The SMILES string of the molecule is CCCN(CCC)CCOc1cc(NC(=O)c2ccc(-c3ccccn3)cc2)ccc1OC. The van der Waals surface area contributed by atoms with E-state index in [1.165, 1.54) is 0 Å². The second-order valence-corrected chi connectivity index (χ2v) is 7.80. The molecule has 0 saturated carbocycles. The number of carbonyl (C=O) groups is 1. The van der Waals surface area contributed by atoms with Gasteiger partial charge in [0, 0.05) is 35.6 Å². The van der Waals surface area contributed by atoms with Crippen LogP contribution < -0.4 is 14.8 Å². The maximum absolute atomic E-state index is 12.8. The highest BCUT2D eigenvalue weighted by Gasteiger charge is 2.11. The molecule has 0 aliphatic carbocycles. The minimum atomic E-state index is -0.184. The van der Waals surface area contributed by atoms with Crippen molar-refractivity contribution in [2.45, 2.75) is 26.7 Å². The van der Waals surface area contributed by atoms with Crippen LogP contribution in [0.2, 0.25) is 0 Å². The molecule has 0 unspecified atom stereocenters. The van der Waals surface area contributed by atoms with E-state index in [4.69, 9.17) is 9.47 Å². The van der Waals surface area contributed by atoms with Crippen LogP contribution in [0.5, 0.6) is 11.5 Å². The first-order chi connectivity index (χ1) is 16.1. The van der Waals surface area contributed by atoms with Crippen LogP contribution in [-0.4, -0.2) is 49.1 Å². The number of benzene rings is 2. The van der Waals surface area contributed by atoms with Gasteiger partial charge < -0.3 is 14.8 Å². The first kappa shape index (κ1) is 24.3. The number of hydrogen-bond donors (Lipinski definition) is 1. The van der Waals surface area contributed by atoms with Gasteiger partial charge in [0.05, 0.1) is 12.8 Å². The third-order valence-electron chi connectivity index (χ3n) is 5.27. The lowest BCUT2D eigenvalue weighted by atomic mass is 10.1. The predicted octanol–water partition coefficient (Wildman–Crippen LogP) is 5.51. The maximum atomic E-state index is 12.8. The van der Waals surface area contributed by atoms with E-state index in [0.29, 0.717) is 29.4 Å². The standard InChI is InChI=1S/C27H33N3O3/c1-4-16-30(17-5-2)18-19-33-26-20-23(13-14-25(26)32-3)29-27(31)22-11-9-21(10-12-22)24-8-6-7-15-28-24/h6-15,20H,4-5,16-19H2,1-3H3,(H,29,31).